The summed E-state index contributed by atoms with van der Waals surface area (Å²) in [5.41, 5.74) is 1.06. The fourth-order valence-corrected chi connectivity index (χ4v) is 1.84. The quantitative estimate of drug-likeness (QED) is 0.887. The predicted octanol–water partition coefficient (Wildman–Crippen LogP) is 2.78. The monoisotopic (exact) mass is 285 g/mol. The number of carbonyl (C=O) groups is 1. The summed E-state index contributed by atoms with van der Waals surface area (Å²) in [5, 5.41) is 2.85. The first-order valence-corrected chi connectivity index (χ1v) is 6.81. The van der Waals surface area contributed by atoms with Crippen LogP contribution in [0.2, 0.25) is 0 Å². The lowest BCUT2D eigenvalue weighted by Gasteiger charge is -2.15. The third kappa shape index (κ3) is 4.53. The molecule has 0 aliphatic rings. The standard InChI is InChI=1S/C17H19NO3/c1-13(21-16-10-8-15(20-2)9-11-16)17(19)18-12-14-6-4-3-5-7-14/h3-11,13H,12H2,1-2H3,(H,18,19). The van der Waals surface area contributed by atoms with Crippen molar-refractivity contribution in [2.45, 2.75) is 19.6 Å². The molecule has 1 amide bonds. The van der Waals surface area contributed by atoms with Gasteiger partial charge in [-0.3, -0.25) is 4.79 Å². The molecule has 0 fully saturated rings. The second-order valence-corrected chi connectivity index (χ2v) is 4.64. The van der Waals surface area contributed by atoms with Crippen LogP contribution in [0.15, 0.2) is 54.6 Å². The van der Waals surface area contributed by atoms with Gasteiger partial charge in [0.1, 0.15) is 11.5 Å². The van der Waals surface area contributed by atoms with Crippen molar-refractivity contribution < 1.29 is 14.3 Å². The van der Waals surface area contributed by atoms with Gasteiger partial charge in [-0.05, 0) is 36.8 Å². The molecule has 1 unspecified atom stereocenters. The zero-order valence-corrected chi connectivity index (χ0v) is 12.2. The Balaban J connectivity index is 1.84. The van der Waals surface area contributed by atoms with E-state index in [9.17, 15) is 4.79 Å². The lowest BCUT2D eigenvalue weighted by atomic mass is 10.2. The summed E-state index contributed by atoms with van der Waals surface area (Å²) in [7, 11) is 1.61. The molecule has 1 atom stereocenters. The molecule has 2 aromatic carbocycles. The normalized spacial score (nSPS) is 11.5. The van der Waals surface area contributed by atoms with Crippen molar-refractivity contribution in [3.63, 3.8) is 0 Å². The van der Waals surface area contributed by atoms with E-state index in [4.69, 9.17) is 9.47 Å². The van der Waals surface area contributed by atoms with Crippen LogP contribution in [0.1, 0.15) is 12.5 Å². The third-order valence-corrected chi connectivity index (χ3v) is 3.05. The van der Waals surface area contributed by atoms with Gasteiger partial charge in [-0.25, -0.2) is 0 Å². The SMILES string of the molecule is COc1ccc(OC(C)C(=O)NCc2ccccc2)cc1. The van der Waals surface area contributed by atoms with E-state index in [1.165, 1.54) is 0 Å². The van der Waals surface area contributed by atoms with Gasteiger partial charge in [0, 0.05) is 6.54 Å². The number of nitrogens with one attached hydrogen (secondary N) is 1. The number of carbonyl (C=O) groups excluding carboxylic acids is 1. The Labute approximate surface area is 124 Å². The zero-order chi connectivity index (χ0) is 15.1. The second kappa shape index (κ2) is 7.33. The molecule has 0 aromatic heterocycles. The fourth-order valence-electron chi connectivity index (χ4n) is 1.84. The molecule has 0 aliphatic heterocycles. The average Bonchev–Trinajstić information content (AvgIpc) is 2.54. The van der Waals surface area contributed by atoms with Crippen LogP contribution in [0.4, 0.5) is 0 Å². The molecule has 0 bridgehead atoms. The minimum atomic E-state index is -0.554. The number of ether oxygens (including phenoxy) is 2. The zero-order valence-electron chi connectivity index (χ0n) is 12.2. The van der Waals surface area contributed by atoms with E-state index < -0.39 is 6.10 Å². The number of benzene rings is 2. The van der Waals surface area contributed by atoms with Crippen LogP contribution < -0.4 is 14.8 Å². The van der Waals surface area contributed by atoms with Crippen molar-refractivity contribution in [2.75, 3.05) is 7.11 Å². The van der Waals surface area contributed by atoms with Gasteiger partial charge < -0.3 is 14.8 Å². The molecule has 1 N–H and O–H groups in total. The highest BCUT2D eigenvalue weighted by Gasteiger charge is 2.14. The molecule has 4 heteroatoms. The molecule has 4 nitrogen and oxygen atoms in total. The summed E-state index contributed by atoms with van der Waals surface area (Å²) in [6, 6.07) is 16.9. The summed E-state index contributed by atoms with van der Waals surface area (Å²) in [6.07, 6.45) is -0.554. The van der Waals surface area contributed by atoms with E-state index in [0.29, 0.717) is 12.3 Å². The number of hydrogen-bond acceptors (Lipinski definition) is 3. The van der Waals surface area contributed by atoms with Gasteiger partial charge in [0.15, 0.2) is 6.10 Å². The van der Waals surface area contributed by atoms with E-state index in [2.05, 4.69) is 5.32 Å². The number of methoxy groups -OCH3 is 1. The molecule has 0 aliphatic carbocycles. The Morgan fingerprint density at radius 3 is 2.29 bits per heavy atom. The summed E-state index contributed by atoms with van der Waals surface area (Å²) < 4.78 is 10.7. The molecule has 0 radical (unpaired) electrons. The Morgan fingerprint density at radius 2 is 1.67 bits per heavy atom. The molecule has 2 rings (SSSR count). The van der Waals surface area contributed by atoms with Gasteiger partial charge in [0.2, 0.25) is 0 Å². The van der Waals surface area contributed by atoms with Crippen LogP contribution in [0.3, 0.4) is 0 Å². The molecule has 0 spiro atoms. The van der Waals surface area contributed by atoms with Gasteiger partial charge in [-0.15, -0.1) is 0 Å². The van der Waals surface area contributed by atoms with E-state index in [0.717, 1.165) is 11.3 Å². The highest BCUT2D eigenvalue weighted by molar-refractivity contribution is 5.80. The summed E-state index contributed by atoms with van der Waals surface area (Å²) in [5.74, 6) is 1.25. The van der Waals surface area contributed by atoms with Crippen LogP contribution in [0.25, 0.3) is 0 Å². The number of rotatable bonds is 6. The van der Waals surface area contributed by atoms with Crippen LogP contribution in [-0.4, -0.2) is 19.1 Å². The van der Waals surface area contributed by atoms with Crippen LogP contribution in [-0.2, 0) is 11.3 Å². The van der Waals surface area contributed by atoms with Crippen molar-refractivity contribution in [3.05, 3.63) is 60.2 Å². The van der Waals surface area contributed by atoms with Crippen LogP contribution in [0, 0.1) is 0 Å². The summed E-state index contributed by atoms with van der Waals surface area (Å²) in [4.78, 5) is 12.0. The van der Waals surface area contributed by atoms with Gasteiger partial charge >= 0.3 is 0 Å². The van der Waals surface area contributed by atoms with Crippen molar-refractivity contribution in [1.82, 2.24) is 5.32 Å². The maximum atomic E-state index is 12.0. The van der Waals surface area contributed by atoms with Crippen molar-refractivity contribution >= 4 is 5.91 Å². The molecule has 0 saturated heterocycles. The van der Waals surface area contributed by atoms with Gasteiger partial charge in [0.05, 0.1) is 7.11 Å². The third-order valence-electron chi connectivity index (χ3n) is 3.05. The molecule has 110 valence electrons. The highest BCUT2D eigenvalue weighted by atomic mass is 16.5. The first-order valence-electron chi connectivity index (χ1n) is 6.81. The molecule has 2 aromatic rings. The van der Waals surface area contributed by atoms with Gasteiger partial charge in [-0.1, -0.05) is 30.3 Å². The second-order valence-electron chi connectivity index (χ2n) is 4.64. The Kier molecular flexibility index (Phi) is 5.21. The molecular formula is C17H19NO3. The fraction of sp³-hybridized carbons (Fsp3) is 0.235. The minimum absolute atomic E-state index is 0.144. The largest absolute Gasteiger partial charge is 0.497 e. The van der Waals surface area contributed by atoms with E-state index >= 15 is 0 Å². The van der Waals surface area contributed by atoms with E-state index in [1.807, 2.05) is 30.3 Å². The molecule has 0 saturated carbocycles. The van der Waals surface area contributed by atoms with Crippen LogP contribution in [0.5, 0.6) is 11.5 Å². The van der Waals surface area contributed by atoms with Gasteiger partial charge in [0.25, 0.3) is 5.91 Å². The lowest BCUT2D eigenvalue weighted by molar-refractivity contribution is -0.127. The molecule has 21 heavy (non-hydrogen) atoms. The summed E-state index contributed by atoms with van der Waals surface area (Å²) in [6.45, 7) is 2.22. The van der Waals surface area contributed by atoms with Crippen molar-refractivity contribution in [3.8, 4) is 11.5 Å². The maximum Gasteiger partial charge on any atom is 0.261 e. The van der Waals surface area contributed by atoms with Crippen LogP contribution >= 0.6 is 0 Å². The summed E-state index contributed by atoms with van der Waals surface area (Å²) >= 11 is 0. The first kappa shape index (κ1) is 14.9. The van der Waals surface area contributed by atoms with E-state index in [-0.39, 0.29) is 5.91 Å². The Bertz CT molecular complexity index is 566. The highest BCUT2D eigenvalue weighted by Crippen LogP contribution is 2.18. The number of amides is 1. The Morgan fingerprint density at radius 1 is 1.05 bits per heavy atom. The Hall–Kier alpha value is -2.49. The smallest absolute Gasteiger partial charge is 0.261 e. The topological polar surface area (TPSA) is 47.6 Å². The predicted molar refractivity (Wildman–Crippen MR) is 81.4 cm³/mol. The maximum absolute atomic E-state index is 12.0. The van der Waals surface area contributed by atoms with Gasteiger partial charge in [-0.2, -0.15) is 0 Å². The average molecular weight is 285 g/mol. The molecule has 0 heterocycles. The first-order chi connectivity index (χ1) is 10.2. The lowest BCUT2D eigenvalue weighted by Crippen LogP contribution is -2.35. The molecular weight excluding hydrogens is 266 g/mol. The minimum Gasteiger partial charge on any atom is -0.497 e. The number of hydrogen-bond donors (Lipinski definition) is 1. The van der Waals surface area contributed by atoms with Crippen molar-refractivity contribution in [2.24, 2.45) is 0 Å². The van der Waals surface area contributed by atoms with E-state index in [1.54, 1.807) is 38.3 Å². The van der Waals surface area contributed by atoms with Crippen molar-refractivity contribution in [1.29, 1.82) is 0 Å².